The Labute approximate surface area is 143 Å². The van der Waals surface area contributed by atoms with E-state index in [1.165, 1.54) is 19.3 Å². The zero-order valence-electron chi connectivity index (χ0n) is 13.7. The molecular formula is C16H22F3N3O3. The van der Waals surface area contributed by atoms with E-state index in [4.69, 9.17) is 20.9 Å². The number of hydrogen-bond acceptors (Lipinski definition) is 4. The summed E-state index contributed by atoms with van der Waals surface area (Å²) >= 11 is 0. The van der Waals surface area contributed by atoms with E-state index in [0.29, 0.717) is 17.9 Å². The zero-order valence-corrected chi connectivity index (χ0v) is 13.7. The van der Waals surface area contributed by atoms with Crippen molar-refractivity contribution in [1.29, 1.82) is 5.26 Å². The first-order valence-electron chi connectivity index (χ1n) is 8.44. The predicted molar refractivity (Wildman–Crippen MR) is 81.0 cm³/mol. The Kier molecular flexibility index (Phi) is 5.93. The molecule has 25 heavy (non-hydrogen) atoms. The summed E-state index contributed by atoms with van der Waals surface area (Å²) in [6.45, 7) is 0. The van der Waals surface area contributed by atoms with Crippen LogP contribution in [0.15, 0.2) is 0 Å². The van der Waals surface area contributed by atoms with Gasteiger partial charge in [0, 0.05) is 6.04 Å². The average Bonchev–Trinajstić information content (AvgIpc) is 3.24. The maximum atomic E-state index is 12.5. The molecule has 3 rings (SSSR count). The van der Waals surface area contributed by atoms with Crippen LogP contribution in [0, 0.1) is 23.2 Å². The second-order valence-electron chi connectivity index (χ2n) is 6.92. The molecule has 3 fully saturated rings. The van der Waals surface area contributed by atoms with Crippen LogP contribution in [0.2, 0.25) is 0 Å². The normalized spacial score (nSPS) is 29.7. The topological polar surface area (TPSA) is 107 Å². The van der Waals surface area contributed by atoms with Crippen LogP contribution in [-0.4, -0.2) is 46.2 Å². The molecule has 0 bridgehead atoms. The number of carbonyl (C=O) groups excluding carboxylic acids is 1. The molecule has 140 valence electrons. The Bertz CT molecular complexity index is 555. The number of piperidine rings is 1. The average molecular weight is 361 g/mol. The first-order valence-corrected chi connectivity index (χ1v) is 8.44. The summed E-state index contributed by atoms with van der Waals surface area (Å²) in [6, 6.07) is 2.01. The van der Waals surface area contributed by atoms with Gasteiger partial charge in [0.1, 0.15) is 6.04 Å². The molecule has 1 aliphatic heterocycles. The highest BCUT2D eigenvalue weighted by molar-refractivity contribution is 5.83. The minimum absolute atomic E-state index is 0.0402. The molecule has 1 saturated heterocycles. The van der Waals surface area contributed by atoms with Gasteiger partial charge in [-0.3, -0.25) is 4.79 Å². The molecule has 2 saturated carbocycles. The number of halogens is 3. The monoisotopic (exact) mass is 361 g/mol. The van der Waals surface area contributed by atoms with E-state index >= 15 is 0 Å². The van der Waals surface area contributed by atoms with Gasteiger partial charge in [-0.15, -0.1) is 0 Å². The molecule has 4 atom stereocenters. The summed E-state index contributed by atoms with van der Waals surface area (Å²) in [4.78, 5) is 23.2. The van der Waals surface area contributed by atoms with E-state index in [9.17, 15) is 18.0 Å². The van der Waals surface area contributed by atoms with Gasteiger partial charge in [0.15, 0.2) is 0 Å². The highest BCUT2D eigenvalue weighted by Crippen LogP contribution is 2.48. The summed E-state index contributed by atoms with van der Waals surface area (Å²) in [6.07, 6.45) is 2.68. The molecule has 0 aromatic rings. The second kappa shape index (κ2) is 7.60. The lowest BCUT2D eigenvalue weighted by Gasteiger charge is -2.31. The molecular weight excluding hydrogens is 339 g/mol. The number of carbonyl (C=O) groups is 2. The fourth-order valence-electron chi connectivity index (χ4n) is 3.76. The SMILES string of the molecule is N#CC1C[C@@H]2C[C@@H]2N1C(=O)C(N)C1CCCCC1.O=C(O)C(F)(F)F. The standard InChI is InChI=1S/C14H21N3O.C2HF3O2/c15-8-11-6-10-7-12(10)17(11)14(18)13(16)9-4-2-1-3-5-9;3-2(4,5)1(6)7/h9-13H,1-7,16H2;(H,6,7)/t10-,11?,12+,13?;/m1./s1. The molecule has 3 aliphatic rings. The lowest BCUT2D eigenvalue weighted by molar-refractivity contribution is -0.192. The van der Waals surface area contributed by atoms with E-state index in [1.807, 2.05) is 4.90 Å². The first-order chi connectivity index (χ1) is 11.7. The van der Waals surface area contributed by atoms with Gasteiger partial charge in [0.25, 0.3) is 0 Å². The number of hydrogen-bond donors (Lipinski definition) is 2. The minimum Gasteiger partial charge on any atom is -0.475 e. The number of rotatable bonds is 2. The Morgan fingerprint density at radius 2 is 1.76 bits per heavy atom. The Balaban J connectivity index is 0.000000277. The first kappa shape index (κ1) is 19.5. The van der Waals surface area contributed by atoms with E-state index in [-0.39, 0.29) is 18.0 Å². The number of aliphatic carboxylic acids is 1. The molecule has 6 nitrogen and oxygen atoms in total. The fraction of sp³-hybridized carbons (Fsp3) is 0.812. The van der Waals surface area contributed by atoms with Crippen molar-refractivity contribution in [3.05, 3.63) is 0 Å². The van der Waals surface area contributed by atoms with Crippen molar-refractivity contribution in [3.63, 3.8) is 0 Å². The van der Waals surface area contributed by atoms with E-state index < -0.39 is 12.1 Å². The summed E-state index contributed by atoms with van der Waals surface area (Å²) < 4.78 is 31.7. The highest BCUT2D eigenvalue weighted by atomic mass is 19.4. The largest absolute Gasteiger partial charge is 0.490 e. The summed E-state index contributed by atoms with van der Waals surface area (Å²) in [5.41, 5.74) is 6.17. The fourth-order valence-corrected chi connectivity index (χ4v) is 3.76. The Hall–Kier alpha value is -1.82. The number of nitrogens with zero attached hydrogens (tertiary/aromatic N) is 2. The van der Waals surface area contributed by atoms with Crippen LogP contribution in [0.5, 0.6) is 0 Å². The number of carboxylic acids is 1. The van der Waals surface area contributed by atoms with Crippen LogP contribution in [0.25, 0.3) is 0 Å². The maximum Gasteiger partial charge on any atom is 0.490 e. The molecule has 2 aliphatic carbocycles. The van der Waals surface area contributed by atoms with Gasteiger partial charge >= 0.3 is 12.1 Å². The number of carboxylic acid groups (broad SMARTS) is 1. The van der Waals surface area contributed by atoms with Crippen LogP contribution < -0.4 is 5.73 Å². The smallest absolute Gasteiger partial charge is 0.475 e. The van der Waals surface area contributed by atoms with E-state index in [1.54, 1.807) is 0 Å². The van der Waals surface area contributed by atoms with Gasteiger partial charge in [-0.05, 0) is 37.5 Å². The minimum atomic E-state index is -5.08. The second-order valence-corrected chi connectivity index (χ2v) is 6.92. The number of alkyl halides is 3. The molecule has 0 aromatic carbocycles. The van der Waals surface area contributed by atoms with Crippen molar-refractivity contribution in [1.82, 2.24) is 4.90 Å². The van der Waals surface area contributed by atoms with Crippen molar-refractivity contribution in [2.45, 2.75) is 69.2 Å². The van der Waals surface area contributed by atoms with Crippen LogP contribution in [0.4, 0.5) is 13.2 Å². The lowest BCUT2D eigenvalue weighted by atomic mass is 9.83. The van der Waals surface area contributed by atoms with Crippen molar-refractivity contribution < 1.29 is 27.9 Å². The van der Waals surface area contributed by atoms with Gasteiger partial charge < -0.3 is 15.7 Å². The predicted octanol–water partition coefficient (Wildman–Crippen LogP) is 2.04. The summed E-state index contributed by atoms with van der Waals surface area (Å²) in [5.74, 6) is -1.80. The Morgan fingerprint density at radius 3 is 2.24 bits per heavy atom. The molecule has 0 spiro atoms. The number of fused-ring (bicyclic) bond motifs is 1. The molecule has 9 heteroatoms. The third-order valence-corrected chi connectivity index (χ3v) is 5.19. The third-order valence-electron chi connectivity index (χ3n) is 5.19. The highest BCUT2D eigenvalue weighted by Gasteiger charge is 2.55. The van der Waals surface area contributed by atoms with Gasteiger partial charge in [0.05, 0.1) is 12.1 Å². The van der Waals surface area contributed by atoms with Gasteiger partial charge in [-0.2, -0.15) is 18.4 Å². The quantitative estimate of drug-likeness (QED) is 0.783. The van der Waals surface area contributed by atoms with Crippen molar-refractivity contribution in [2.24, 2.45) is 17.6 Å². The van der Waals surface area contributed by atoms with Gasteiger partial charge in [0.2, 0.25) is 5.91 Å². The number of likely N-dealkylation sites (tertiary alicyclic amines) is 1. The zero-order chi connectivity index (χ0) is 18.8. The summed E-state index contributed by atoms with van der Waals surface area (Å²) in [7, 11) is 0. The van der Waals surface area contributed by atoms with E-state index in [0.717, 1.165) is 25.7 Å². The molecule has 0 aromatic heterocycles. The maximum absolute atomic E-state index is 12.5. The number of nitriles is 1. The Morgan fingerprint density at radius 1 is 1.20 bits per heavy atom. The lowest BCUT2D eigenvalue weighted by Crippen LogP contribution is -2.50. The van der Waals surface area contributed by atoms with Crippen LogP contribution in [0.3, 0.4) is 0 Å². The van der Waals surface area contributed by atoms with Crippen molar-refractivity contribution in [2.75, 3.05) is 0 Å². The third kappa shape index (κ3) is 4.63. The van der Waals surface area contributed by atoms with Crippen molar-refractivity contribution in [3.8, 4) is 6.07 Å². The van der Waals surface area contributed by atoms with E-state index in [2.05, 4.69) is 6.07 Å². The summed E-state index contributed by atoms with van der Waals surface area (Å²) in [5, 5.41) is 16.3. The number of nitrogens with two attached hydrogens (primary N) is 1. The van der Waals surface area contributed by atoms with Crippen molar-refractivity contribution >= 4 is 11.9 Å². The van der Waals surface area contributed by atoms with Crippen LogP contribution in [0.1, 0.15) is 44.9 Å². The van der Waals surface area contributed by atoms with Gasteiger partial charge in [-0.1, -0.05) is 19.3 Å². The molecule has 3 N–H and O–H groups in total. The van der Waals surface area contributed by atoms with Gasteiger partial charge in [-0.25, -0.2) is 4.79 Å². The van der Waals surface area contributed by atoms with Crippen LogP contribution >= 0.6 is 0 Å². The van der Waals surface area contributed by atoms with Crippen LogP contribution in [-0.2, 0) is 9.59 Å². The molecule has 2 unspecified atom stereocenters. The molecule has 1 heterocycles. The molecule has 0 radical (unpaired) electrons. The molecule has 1 amide bonds. The number of amides is 1.